The van der Waals surface area contributed by atoms with E-state index in [1.165, 1.54) is 0 Å². The van der Waals surface area contributed by atoms with Gasteiger partial charge in [-0.1, -0.05) is 36.1 Å². The zero-order chi connectivity index (χ0) is 12.6. The largest absolute Gasteiger partial charge is 0.298 e. The lowest BCUT2D eigenvalue weighted by Gasteiger charge is -2.10. The van der Waals surface area contributed by atoms with Crippen molar-refractivity contribution in [1.29, 1.82) is 0 Å². The smallest absolute Gasteiger partial charge is 0.0585 e. The molecule has 2 aromatic rings. The highest BCUT2D eigenvalue weighted by atomic mass is 14.9. The summed E-state index contributed by atoms with van der Waals surface area (Å²) in [7, 11) is 0. The van der Waals surface area contributed by atoms with Gasteiger partial charge in [-0.05, 0) is 31.2 Å². The van der Waals surface area contributed by atoms with E-state index in [2.05, 4.69) is 29.1 Å². The van der Waals surface area contributed by atoms with Crippen LogP contribution in [0.15, 0.2) is 54.7 Å². The lowest BCUT2D eigenvalue weighted by atomic mass is 10.2. The SMILES string of the molecule is C[C@H](NCC#Cc1ccccc1)c1ccccn1. The molecule has 0 bridgehead atoms. The van der Waals surface area contributed by atoms with Gasteiger partial charge >= 0.3 is 0 Å². The Kier molecular flexibility index (Phi) is 4.52. The highest BCUT2D eigenvalue weighted by Gasteiger charge is 2.02. The summed E-state index contributed by atoms with van der Waals surface area (Å²) >= 11 is 0. The van der Waals surface area contributed by atoms with E-state index in [1.54, 1.807) is 0 Å². The summed E-state index contributed by atoms with van der Waals surface area (Å²) in [6, 6.07) is 16.2. The lowest BCUT2D eigenvalue weighted by Crippen LogP contribution is -2.19. The van der Waals surface area contributed by atoms with Crippen LogP contribution < -0.4 is 5.32 Å². The van der Waals surface area contributed by atoms with Crippen LogP contribution in [0.2, 0.25) is 0 Å². The standard InChI is InChI=1S/C16H16N2/c1-14(16-11-5-6-12-18-16)17-13-7-10-15-8-3-2-4-9-15/h2-6,8-9,11-12,14,17H,13H2,1H3/t14-/m0/s1. The average molecular weight is 236 g/mol. The van der Waals surface area contributed by atoms with Gasteiger partial charge in [0.05, 0.1) is 12.2 Å². The predicted octanol–water partition coefficient (Wildman–Crippen LogP) is 2.78. The van der Waals surface area contributed by atoms with E-state index >= 15 is 0 Å². The molecule has 0 aliphatic heterocycles. The Balaban J connectivity index is 1.85. The summed E-state index contributed by atoms with van der Waals surface area (Å²) in [4.78, 5) is 4.30. The summed E-state index contributed by atoms with van der Waals surface area (Å²) < 4.78 is 0. The minimum absolute atomic E-state index is 0.219. The second-order valence-corrected chi connectivity index (χ2v) is 4.02. The molecule has 1 aromatic heterocycles. The Bertz CT molecular complexity index is 523. The maximum absolute atomic E-state index is 4.30. The monoisotopic (exact) mass is 236 g/mol. The van der Waals surface area contributed by atoms with Crippen molar-refractivity contribution in [3.63, 3.8) is 0 Å². The van der Waals surface area contributed by atoms with Crippen molar-refractivity contribution in [1.82, 2.24) is 10.3 Å². The Labute approximate surface area is 108 Å². The molecule has 0 aliphatic carbocycles. The van der Waals surface area contributed by atoms with Crippen molar-refractivity contribution in [2.24, 2.45) is 0 Å². The van der Waals surface area contributed by atoms with Crippen LogP contribution in [0, 0.1) is 11.8 Å². The molecule has 2 heteroatoms. The molecule has 18 heavy (non-hydrogen) atoms. The number of hydrogen-bond donors (Lipinski definition) is 1. The van der Waals surface area contributed by atoms with Gasteiger partial charge < -0.3 is 0 Å². The minimum atomic E-state index is 0.219. The van der Waals surface area contributed by atoms with E-state index in [4.69, 9.17) is 0 Å². The zero-order valence-corrected chi connectivity index (χ0v) is 10.4. The molecular weight excluding hydrogens is 220 g/mol. The Morgan fingerprint density at radius 3 is 2.61 bits per heavy atom. The highest BCUT2D eigenvalue weighted by molar-refractivity contribution is 5.33. The molecule has 1 atom stereocenters. The first-order valence-electron chi connectivity index (χ1n) is 6.04. The fraction of sp³-hybridized carbons (Fsp3) is 0.188. The molecule has 0 amide bonds. The van der Waals surface area contributed by atoms with E-state index in [-0.39, 0.29) is 6.04 Å². The van der Waals surface area contributed by atoms with Crippen LogP contribution >= 0.6 is 0 Å². The summed E-state index contributed by atoms with van der Waals surface area (Å²) in [6.07, 6.45) is 1.81. The zero-order valence-electron chi connectivity index (χ0n) is 10.4. The number of benzene rings is 1. The van der Waals surface area contributed by atoms with E-state index in [9.17, 15) is 0 Å². The molecule has 0 fully saturated rings. The number of nitrogens with zero attached hydrogens (tertiary/aromatic N) is 1. The molecule has 1 aromatic carbocycles. The first kappa shape index (κ1) is 12.3. The topological polar surface area (TPSA) is 24.9 Å². The number of rotatable bonds is 3. The molecule has 1 N–H and O–H groups in total. The summed E-state index contributed by atoms with van der Waals surface area (Å²) in [5.74, 6) is 6.23. The van der Waals surface area contributed by atoms with Gasteiger partial charge in [0.15, 0.2) is 0 Å². The van der Waals surface area contributed by atoms with Crippen molar-refractivity contribution in [3.05, 3.63) is 66.0 Å². The summed E-state index contributed by atoms with van der Waals surface area (Å²) in [5.41, 5.74) is 2.09. The maximum Gasteiger partial charge on any atom is 0.0585 e. The third kappa shape index (κ3) is 3.73. The van der Waals surface area contributed by atoms with Crippen LogP contribution in [0.4, 0.5) is 0 Å². The fourth-order valence-electron chi connectivity index (χ4n) is 1.61. The van der Waals surface area contributed by atoms with Gasteiger partial charge in [-0.15, -0.1) is 0 Å². The van der Waals surface area contributed by atoms with Crippen molar-refractivity contribution < 1.29 is 0 Å². The first-order valence-corrected chi connectivity index (χ1v) is 6.04. The van der Waals surface area contributed by atoms with Crippen LogP contribution in [-0.2, 0) is 0 Å². The predicted molar refractivity (Wildman–Crippen MR) is 74.0 cm³/mol. The van der Waals surface area contributed by atoms with Crippen LogP contribution in [0.1, 0.15) is 24.2 Å². The fourth-order valence-corrected chi connectivity index (χ4v) is 1.61. The number of aromatic nitrogens is 1. The number of pyridine rings is 1. The van der Waals surface area contributed by atoms with Crippen LogP contribution in [0.5, 0.6) is 0 Å². The molecule has 0 aliphatic rings. The van der Waals surface area contributed by atoms with E-state index in [0.717, 1.165) is 11.3 Å². The molecule has 0 saturated heterocycles. The molecule has 1 heterocycles. The van der Waals surface area contributed by atoms with Crippen molar-refractivity contribution in [3.8, 4) is 11.8 Å². The van der Waals surface area contributed by atoms with Gasteiger partial charge in [0.1, 0.15) is 0 Å². The normalized spacial score (nSPS) is 11.4. The molecule has 2 nitrogen and oxygen atoms in total. The van der Waals surface area contributed by atoms with Crippen LogP contribution in [0.3, 0.4) is 0 Å². The maximum atomic E-state index is 4.30. The minimum Gasteiger partial charge on any atom is -0.298 e. The summed E-state index contributed by atoms with van der Waals surface area (Å²) in [5, 5.41) is 3.33. The van der Waals surface area contributed by atoms with Crippen LogP contribution in [-0.4, -0.2) is 11.5 Å². The number of hydrogen-bond acceptors (Lipinski definition) is 2. The lowest BCUT2D eigenvalue weighted by molar-refractivity contribution is 0.606. The average Bonchev–Trinajstić information content (AvgIpc) is 2.45. The Hall–Kier alpha value is -2.11. The summed E-state index contributed by atoms with van der Waals surface area (Å²) in [6.45, 7) is 2.75. The molecule has 2 rings (SSSR count). The molecular formula is C16H16N2. The van der Waals surface area contributed by atoms with Gasteiger partial charge in [0.25, 0.3) is 0 Å². The molecule has 0 radical (unpaired) electrons. The Morgan fingerprint density at radius 1 is 1.11 bits per heavy atom. The molecule has 0 unspecified atom stereocenters. The van der Waals surface area contributed by atoms with E-state index in [0.29, 0.717) is 6.54 Å². The van der Waals surface area contributed by atoms with Crippen molar-refractivity contribution in [2.75, 3.05) is 6.54 Å². The van der Waals surface area contributed by atoms with Gasteiger partial charge in [-0.25, -0.2) is 0 Å². The molecule has 0 spiro atoms. The first-order chi connectivity index (χ1) is 8.86. The quantitative estimate of drug-likeness (QED) is 0.829. The second-order valence-electron chi connectivity index (χ2n) is 4.02. The van der Waals surface area contributed by atoms with Gasteiger partial charge in [-0.2, -0.15) is 0 Å². The van der Waals surface area contributed by atoms with Gasteiger partial charge in [-0.3, -0.25) is 10.3 Å². The number of nitrogens with one attached hydrogen (secondary N) is 1. The van der Waals surface area contributed by atoms with Crippen LogP contribution in [0.25, 0.3) is 0 Å². The van der Waals surface area contributed by atoms with Crippen molar-refractivity contribution >= 4 is 0 Å². The Morgan fingerprint density at radius 2 is 1.89 bits per heavy atom. The van der Waals surface area contributed by atoms with Gasteiger partial charge in [0, 0.05) is 17.8 Å². The molecule has 90 valence electrons. The van der Waals surface area contributed by atoms with Crippen molar-refractivity contribution in [2.45, 2.75) is 13.0 Å². The van der Waals surface area contributed by atoms with E-state index < -0.39 is 0 Å². The second kappa shape index (κ2) is 6.58. The third-order valence-corrected chi connectivity index (χ3v) is 2.63. The molecule has 0 saturated carbocycles. The third-order valence-electron chi connectivity index (χ3n) is 2.63. The van der Waals surface area contributed by atoms with E-state index in [1.807, 2.05) is 54.7 Å². The highest BCUT2D eigenvalue weighted by Crippen LogP contribution is 2.06. The van der Waals surface area contributed by atoms with Gasteiger partial charge in [0.2, 0.25) is 0 Å².